The van der Waals surface area contributed by atoms with E-state index in [1.165, 1.54) is 22.5 Å². The van der Waals surface area contributed by atoms with E-state index in [9.17, 15) is 17.6 Å². The number of rotatable bonds is 5. The molecule has 0 saturated carbocycles. The number of hydrogen-bond acceptors (Lipinski definition) is 6. The summed E-state index contributed by atoms with van der Waals surface area (Å²) in [7, 11) is -3.88. The van der Waals surface area contributed by atoms with Gasteiger partial charge in [-0.25, -0.2) is 12.8 Å². The molecule has 1 atom stereocenters. The summed E-state index contributed by atoms with van der Waals surface area (Å²) in [4.78, 5) is 17.1. The number of nitrogens with zero attached hydrogens (tertiary/aromatic N) is 3. The van der Waals surface area contributed by atoms with E-state index in [1.807, 2.05) is 0 Å². The van der Waals surface area contributed by atoms with E-state index in [1.54, 1.807) is 26.0 Å². The van der Waals surface area contributed by atoms with Crippen molar-refractivity contribution in [3.63, 3.8) is 0 Å². The maximum atomic E-state index is 13.5. The third-order valence-corrected chi connectivity index (χ3v) is 7.86. The van der Waals surface area contributed by atoms with Crippen LogP contribution in [0.3, 0.4) is 0 Å². The predicted molar refractivity (Wildman–Crippen MR) is 121 cm³/mol. The second kappa shape index (κ2) is 9.20. The lowest BCUT2D eigenvalue weighted by molar-refractivity contribution is -0.120. The maximum absolute atomic E-state index is 13.5. The second-order valence-electron chi connectivity index (χ2n) is 7.93. The number of nitrogens with one attached hydrogen (secondary N) is 1. The molecular weight excluding hydrogens is 471 g/mol. The summed E-state index contributed by atoms with van der Waals surface area (Å²) in [6, 6.07) is 8.63. The van der Waals surface area contributed by atoms with E-state index >= 15 is 0 Å². The Kier molecular flexibility index (Phi) is 6.51. The molecule has 0 spiro atoms. The largest absolute Gasteiger partial charge is 0.339 e. The first-order valence-corrected chi connectivity index (χ1v) is 12.1. The molecule has 2 heterocycles. The van der Waals surface area contributed by atoms with E-state index < -0.39 is 21.8 Å². The normalized spacial score (nSPS) is 17.2. The van der Waals surface area contributed by atoms with Crippen LogP contribution in [-0.2, 0) is 14.8 Å². The Morgan fingerprint density at radius 2 is 2.03 bits per heavy atom. The van der Waals surface area contributed by atoms with Gasteiger partial charge in [-0.3, -0.25) is 4.79 Å². The molecule has 0 bridgehead atoms. The molecule has 33 heavy (non-hydrogen) atoms. The van der Waals surface area contributed by atoms with Crippen LogP contribution in [-0.4, -0.2) is 41.9 Å². The van der Waals surface area contributed by atoms with E-state index in [0.29, 0.717) is 42.2 Å². The van der Waals surface area contributed by atoms with E-state index in [4.69, 9.17) is 16.1 Å². The molecular formula is C22H22ClFN4O4S. The molecule has 11 heteroatoms. The van der Waals surface area contributed by atoms with Crippen molar-refractivity contribution in [2.24, 2.45) is 5.92 Å². The number of sulfonamides is 1. The first-order valence-electron chi connectivity index (χ1n) is 10.3. The van der Waals surface area contributed by atoms with Crippen LogP contribution in [0.25, 0.3) is 11.4 Å². The van der Waals surface area contributed by atoms with Crippen LogP contribution >= 0.6 is 11.6 Å². The summed E-state index contributed by atoms with van der Waals surface area (Å²) < 4.78 is 46.6. The molecule has 3 aromatic rings. The van der Waals surface area contributed by atoms with Crippen molar-refractivity contribution in [3.05, 3.63) is 58.7 Å². The van der Waals surface area contributed by atoms with Gasteiger partial charge in [0.15, 0.2) is 0 Å². The molecule has 1 aromatic heterocycles. The Labute approximate surface area is 195 Å². The van der Waals surface area contributed by atoms with E-state index in [2.05, 4.69) is 15.5 Å². The van der Waals surface area contributed by atoms with Crippen LogP contribution < -0.4 is 5.32 Å². The fourth-order valence-corrected chi connectivity index (χ4v) is 5.76. The zero-order valence-electron chi connectivity index (χ0n) is 18.0. The lowest BCUT2D eigenvalue weighted by Gasteiger charge is -2.31. The molecule has 1 aliphatic rings. The van der Waals surface area contributed by atoms with Gasteiger partial charge in [0, 0.05) is 25.6 Å². The molecule has 1 amide bonds. The fraction of sp³-hybridized carbons (Fsp3) is 0.318. The SMILES string of the molecule is Cc1nc(-c2ccc(C)c(S(=O)(=O)N3CCC[C@H](C(=O)Nc4ccc(F)cc4Cl)C3)c2)no1. The number of aryl methyl sites for hydroxylation is 2. The van der Waals surface area contributed by atoms with Crippen LogP contribution in [0.1, 0.15) is 24.3 Å². The van der Waals surface area contributed by atoms with Crippen molar-refractivity contribution in [1.29, 1.82) is 0 Å². The minimum atomic E-state index is -3.88. The van der Waals surface area contributed by atoms with Crippen LogP contribution in [0.4, 0.5) is 10.1 Å². The van der Waals surface area contributed by atoms with E-state index in [0.717, 1.165) is 6.07 Å². The van der Waals surface area contributed by atoms with Crippen molar-refractivity contribution in [2.45, 2.75) is 31.6 Å². The maximum Gasteiger partial charge on any atom is 0.243 e. The van der Waals surface area contributed by atoms with Gasteiger partial charge in [0.05, 0.1) is 21.5 Å². The number of halogens is 2. The van der Waals surface area contributed by atoms with Crippen LogP contribution in [0.2, 0.25) is 5.02 Å². The van der Waals surface area contributed by atoms with Gasteiger partial charge in [-0.15, -0.1) is 0 Å². The van der Waals surface area contributed by atoms with Crippen LogP contribution in [0.5, 0.6) is 0 Å². The smallest absolute Gasteiger partial charge is 0.243 e. The van der Waals surface area contributed by atoms with Crippen molar-refractivity contribution in [3.8, 4) is 11.4 Å². The number of piperidine rings is 1. The number of carbonyl (C=O) groups excluding carboxylic acids is 1. The van der Waals surface area contributed by atoms with Crippen molar-refractivity contribution >= 4 is 33.2 Å². The highest BCUT2D eigenvalue weighted by Gasteiger charge is 2.34. The molecule has 8 nitrogen and oxygen atoms in total. The Bertz CT molecular complexity index is 1310. The lowest BCUT2D eigenvalue weighted by Crippen LogP contribution is -2.43. The molecule has 2 aromatic carbocycles. The number of anilines is 1. The van der Waals surface area contributed by atoms with Crippen LogP contribution in [0, 0.1) is 25.6 Å². The number of amides is 1. The molecule has 174 valence electrons. The minimum Gasteiger partial charge on any atom is -0.339 e. The Balaban J connectivity index is 1.55. The van der Waals surface area contributed by atoms with Gasteiger partial charge in [0.2, 0.25) is 27.6 Å². The van der Waals surface area contributed by atoms with Gasteiger partial charge in [0.1, 0.15) is 5.82 Å². The molecule has 1 N–H and O–H groups in total. The van der Waals surface area contributed by atoms with Crippen LogP contribution in [0.15, 0.2) is 45.8 Å². The number of aromatic nitrogens is 2. The van der Waals surface area contributed by atoms with Gasteiger partial charge in [-0.1, -0.05) is 28.9 Å². The lowest BCUT2D eigenvalue weighted by atomic mass is 9.98. The molecule has 4 rings (SSSR count). The predicted octanol–water partition coefficient (Wildman–Crippen LogP) is 4.19. The highest BCUT2D eigenvalue weighted by molar-refractivity contribution is 7.89. The summed E-state index contributed by atoms with van der Waals surface area (Å²) in [5.41, 5.74) is 1.37. The Morgan fingerprint density at radius 3 is 2.73 bits per heavy atom. The third-order valence-electron chi connectivity index (χ3n) is 5.54. The standard InChI is InChI=1S/C22H22ClFN4O4S/c1-13-5-6-15(21-25-14(2)32-27-21)10-20(13)33(30,31)28-9-3-4-16(12-28)22(29)26-19-8-7-17(24)11-18(19)23/h5-8,10-11,16H,3-4,9,12H2,1-2H3,(H,26,29)/t16-/m0/s1. The van der Waals surface area contributed by atoms with Crippen molar-refractivity contribution in [2.75, 3.05) is 18.4 Å². The molecule has 0 aliphatic carbocycles. The van der Waals surface area contributed by atoms with E-state index in [-0.39, 0.29) is 28.1 Å². The molecule has 1 aliphatic heterocycles. The number of hydrogen-bond donors (Lipinski definition) is 1. The fourth-order valence-electron chi connectivity index (χ4n) is 3.77. The second-order valence-corrected chi connectivity index (χ2v) is 10.2. The minimum absolute atomic E-state index is 0.0258. The summed E-state index contributed by atoms with van der Waals surface area (Å²) in [6.45, 7) is 3.69. The molecule has 0 radical (unpaired) electrons. The Morgan fingerprint density at radius 1 is 1.24 bits per heavy atom. The van der Waals surface area contributed by atoms with Gasteiger partial charge < -0.3 is 9.84 Å². The highest BCUT2D eigenvalue weighted by Crippen LogP contribution is 2.30. The Hall–Kier alpha value is -2.82. The summed E-state index contributed by atoms with van der Waals surface area (Å²) in [5.74, 6) is -0.771. The van der Waals surface area contributed by atoms with Gasteiger partial charge >= 0.3 is 0 Å². The monoisotopic (exact) mass is 492 g/mol. The molecule has 1 fully saturated rings. The first-order chi connectivity index (χ1) is 15.6. The average Bonchev–Trinajstić information content (AvgIpc) is 3.22. The average molecular weight is 493 g/mol. The summed E-state index contributed by atoms with van der Waals surface area (Å²) in [5, 5.41) is 6.61. The highest BCUT2D eigenvalue weighted by atomic mass is 35.5. The summed E-state index contributed by atoms with van der Waals surface area (Å²) >= 11 is 6.00. The third kappa shape index (κ3) is 4.92. The zero-order chi connectivity index (χ0) is 23.8. The van der Waals surface area contributed by atoms with Gasteiger partial charge in [-0.05, 0) is 49.6 Å². The summed E-state index contributed by atoms with van der Waals surface area (Å²) in [6.07, 6.45) is 1.05. The number of carbonyl (C=O) groups is 1. The number of benzene rings is 2. The molecule has 0 unspecified atom stereocenters. The van der Waals surface area contributed by atoms with Crippen molar-refractivity contribution < 1.29 is 22.1 Å². The van der Waals surface area contributed by atoms with Gasteiger partial charge in [0.25, 0.3) is 0 Å². The quantitative estimate of drug-likeness (QED) is 0.572. The topological polar surface area (TPSA) is 105 Å². The van der Waals surface area contributed by atoms with Gasteiger partial charge in [-0.2, -0.15) is 9.29 Å². The van der Waals surface area contributed by atoms with Crippen molar-refractivity contribution in [1.82, 2.24) is 14.4 Å². The molecule has 1 saturated heterocycles. The zero-order valence-corrected chi connectivity index (χ0v) is 19.6. The first kappa shape index (κ1) is 23.3.